The van der Waals surface area contributed by atoms with Crippen molar-refractivity contribution in [2.75, 3.05) is 12.3 Å². The van der Waals surface area contributed by atoms with Gasteiger partial charge in [-0.1, -0.05) is 30.3 Å². The maximum atomic E-state index is 12.6. The molecule has 1 aromatic carbocycles. The zero-order chi connectivity index (χ0) is 17.3. The maximum absolute atomic E-state index is 12.6. The Morgan fingerprint density at radius 3 is 2.52 bits per heavy atom. The largest absolute Gasteiger partial charge is 0.468 e. The number of benzene rings is 1. The van der Waals surface area contributed by atoms with Gasteiger partial charge in [0.15, 0.2) is 0 Å². The molecule has 0 aliphatic carbocycles. The summed E-state index contributed by atoms with van der Waals surface area (Å²) in [5.74, 6) is 3.10. The zero-order valence-electron chi connectivity index (χ0n) is 13.7. The van der Waals surface area contributed by atoms with Crippen LogP contribution in [0.25, 0.3) is 11.6 Å². The van der Waals surface area contributed by atoms with Crippen molar-refractivity contribution in [3.8, 4) is 0 Å². The van der Waals surface area contributed by atoms with E-state index in [-0.39, 0.29) is 5.91 Å². The predicted molar refractivity (Wildman–Crippen MR) is 101 cm³/mol. The molecule has 0 atom stereocenters. The molecule has 25 heavy (non-hydrogen) atoms. The molecule has 3 rings (SSSR count). The fourth-order valence-electron chi connectivity index (χ4n) is 2.31. The molecular weight excluding hydrogens is 334 g/mol. The average Bonchev–Trinajstić information content (AvgIpc) is 3.34. The smallest absolute Gasteiger partial charge is 0.252 e. The van der Waals surface area contributed by atoms with Crippen molar-refractivity contribution in [1.82, 2.24) is 5.32 Å². The molecular formula is C20H19NO3S. The van der Waals surface area contributed by atoms with Gasteiger partial charge >= 0.3 is 0 Å². The lowest BCUT2D eigenvalue weighted by atomic mass is 10.0. The first kappa shape index (κ1) is 17.2. The Hall–Kier alpha value is -2.66. The zero-order valence-corrected chi connectivity index (χ0v) is 14.5. The molecule has 1 N–H and O–H groups in total. The highest BCUT2D eigenvalue weighted by atomic mass is 32.2. The van der Waals surface area contributed by atoms with Crippen LogP contribution in [0.4, 0.5) is 0 Å². The summed E-state index contributed by atoms with van der Waals surface area (Å²) in [7, 11) is 0. The number of thioether (sulfide) groups is 1. The van der Waals surface area contributed by atoms with Crippen molar-refractivity contribution in [2.45, 2.75) is 5.75 Å². The van der Waals surface area contributed by atoms with Crippen molar-refractivity contribution in [3.05, 3.63) is 84.2 Å². The van der Waals surface area contributed by atoms with E-state index in [1.54, 1.807) is 36.4 Å². The minimum Gasteiger partial charge on any atom is -0.468 e. The summed E-state index contributed by atoms with van der Waals surface area (Å²) in [5, 5.41) is 2.97. The quantitative estimate of drug-likeness (QED) is 0.480. The molecule has 5 heteroatoms. The molecule has 1 amide bonds. The van der Waals surface area contributed by atoms with E-state index in [1.165, 1.54) is 0 Å². The van der Waals surface area contributed by atoms with Gasteiger partial charge in [0.1, 0.15) is 11.5 Å². The fourth-order valence-corrected chi connectivity index (χ4v) is 3.07. The van der Waals surface area contributed by atoms with E-state index in [1.807, 2.05) is 48.5 Å². The van der Waals surface area contributed by atoms with Gasteiger partial charge in [0, 0.05) is 12.3 Å². The van der Waals surface area contributed by atoms with Crippen molar-refractivity contribution in [3.63, 3.8) is 0 Å². The Morgan fingerprint density at radius 2 is 1.80 bits per heavy atom. The number of hydrogen-bond donors (Lipinski definition) is 1. The number of nitrogens with one attached hydrogen (secondary N) is 1. The molecule has 128 valence electrons. The molecule has 3 aromatic rings. The Labute approximate surface area is 150 Å². The van der Waals surface area contributed by atoms with Gasteiger partial charge in [0.25, 0.3) is 5.91 Å². The molecule has 0 unspecified atom stereocenters. The van der Waals surface area contributed by atoms with Gasteiger partial charge in [-0.05, 0) is 35.9 Å². The van der Waals surface area contributed by atoms with Crippen LogP contribution in [0, 0.1) is 0 Å². The Balaban J connectivity index is 1.58. The van der Waals surface area contributed by atoms with Crippen LogP contribution in [-0.2, 0) is 10.5 Å². The molecule has 2 heterocycles. The third-order valence-electron chi connectivity index (χ3n) is 3.52. The first-order chi connectivity index (χ1) is 12.3. The molecule has 0 saturated heterocycles. The van der Waals surface area contributed by atoms with Gasteiger partial charge < -0.3 is 14.2 Å². The third-order valence-corrected chi connectivity index (χ3v) is 4.50. The van der Waals surface area contributed by atoms with Crippen LogP contribution in [-0.4, -0.2) is 18.2 Å². The number of carbonyl (C=O) groups excluding carboxylic acids is 1. The molecule has 0 aliphatic rings. The summed E-state index contributed by atoms with van der Waals surface area (Å²) >= 11 is 1.72. The summed E-state index contributed by atoms with van der Waals surface area (Å²) in [6, 6.07) is 17.0. The predicted octanol–water partition coefficient (Wildman–Crippen LogP) is 4.46. The SMILES string of the molecule is O=C(NCCSCc1ccco1)/C(=C/c1ccco1)c1ccccc1. The van der Waals surface area contributed by atoms with E-state index in [4.69, 9.17) is 8.83 Å². The lowest BCUT2D eigenvalue weighted by Gasteiger charge is -2.09. The Morgan fingerprint density at radius 1 is 1.00 bits per heavy atom. The second kappa shape index (κ2) is 8.99. The van der Waals surface area contributed by atoms with E-state index >= 15 is 0 Å². The summed E-state index contributed by atoms with van der Waals surface area (Å²) in [4.78, 5) is 12.6. The molecule has 0 spiro atoms. The third kappa shape index (κ3) is 5.16. The van der Waals surface area contributed by atoms with E-state index in [2.05, 4.69) is 5.32 Å². The number of furan rings is 2. The van der Waals surface area contributed by atoms with Crippen LogP contribution in [0.3, 0.4) is 0 Å². The number of rotatable bonds is 8. The summed E-state index contributed by atoms with van der Waals surface area (Å²) in [6.45, 7) is 0.590. The highest BCUT2D eigenvalue weighted by molar-refractivity contribution is 7.98. The van der Waals surface area contributed by atoms with Gasteiger partial charge in [0.05, 0.1) is 23.9 Å². The topological polar surface area (TPSA) is 55.4 Å². The van der Waals surface area contributed by atoms with Crippen molar-refractivity contribution in [1.29, 1.82) is 0 Å². The average molecular weight is 353 g/mol. The molecule has 2 aromatic heterocycles. The standard InChI is InChI=1S/C20H19NO3S/c22-20(21-10-13-25-15-18-9-5-12-24-18)19(14-17-8-4-11-23-17)16-6-2-1-3-7-16/h1-9,11-12,14H,10,13,15H2,(H,21,22)/b19-14+. The summed E-state index contributed by atoms with van der Waals surface area (Å²) in [5.41, 5.74) is 1.45. The van der Waals surface area contributed by atoms with Crippen molar-refractivity contribution >= 4 is 29.3 Å². The van der Waals surface area contributed by atoms with Crippen LogP contribution in [0.2, 0.25) is 0 Å². The fraction of sp³-hybridized carbons (Fsp3) is 0.150. The van der Waals surface area contributed by atoms with E-state index in [0.29, 0.717) is 17.9 Å². The normalized spacial score (nSPS) is 11.4. The number of hydrogen-bond acceptors (Lipinski definition) is 4. The van der Waals surface area contributed by atoms with Crippen molar-refractivity contribution in [2.24, 2.45) is 0 Å². The highest BCUT2D eigenvalue weighted by Crippen LogP contribution is 2.19. The maximum Gasteiger partial charge on any atom is 0.252 e. The number of carbonyl (C=O) groups is 1. The summed E-state index contributed by atoms with van der Waals surface area (Å²) < 4.78 is 10.6. The Kier molecular flexibility index (Phi) is 6.17. The van der Waals surface area contributed by atoms with Gasteiger partial charge in [-0.25, -0.2) is 0 Å². The first-order valence-electron chi connectivity index (χ1n) is 8.02. The molecule has 4 nitrogen and oxygen atoms in total. The van der Waals surface area contributed by atoms with Gasteiger partial charge in [-0.15, -0.1) is 0 Å². The van der Waals surface area contributed by atoms with E-state index in [9.17, 15) is 4.79 Å². The van der Waals surface area contributed by atoms with Gasteiger partial charge in [0.2, 0.25) is 0 Å². The molecule has 0 saturated carbocycles. The molecule has 0 bridgehead atoms. The lowest BCUT2D eigenvalue weighted by Crippen LogP contribution is -2.26. The van der Waals surface area contributed by atoms with Gasteiger partial charge in [-0.3, -0.25) is 4.79 Å². The molecule has 0 fully saturated rings. The van der Waals surface area contributed by atoms with Crippen LogP contribution >= 0.6 is 11.8 Å². The minimum absolute atomic E-state index is 0.110. The van der Waals surface area contributed by atoms with Crippen molar-refractivity contribution < 1.29 is 13.6 Å². The van der Waals surface area contributed by atoms with Crippen LogP contribution < -0.4 is 5.32 Å². The van der Waals surface area contributed by atoms with Crippen LogP contribution in [0.15, 0.2) is 76.0 Å². The van der Waals surface area contributed by atoms with Gasteiger partial charge in [-0.2, -0.15) is 11.8 Å². The summed E-state index contributed by atoms with van der Waals surface area (Å²) in [6.07, 6.45) is 5.03. The van der Waals surface area contributed by atoms with Crippen LogP contribution in [0.5, 0.6) is 0 Å². The second-order valence-corrected chi connectivity index (χ2v) is 6.43. The first-order valence-corrected chi connectivity index (χ1v) is 9.17. The monoisotopic (exact) mass is 353 g/mol. The second-order valence-electron chi connectivity index (χ2n) is 5.33. The van der Waals surface area contributed by atoms with Crippen LogP contribution in [0.1, 0.15) is 17.1 Å². The molecule has 0 radical (unpaired) electrons. The Bertz CT molecular complexity index is 793. The highest BCUT2D eigenvalue weighted by Gasteiger charge is 2.12. The lowest BCUT2D eigenvalue weighted by molar-refractivity contribution is -0.115. The minimum atomic E-state index is -0.110. The number of amides is 1. The van der Waals surface area contributed by atoms with E-state index in [0.717, 1.165) is 22.8 Å². The van der Waals surface area contributed by atoms with E-state index < -0.39 is 0 Å². The molecule has 0 aliphatic heterocycles.